The molecule has 3 aliphatic rings. The van der Waals surface area contributed by atoms with Crippen LogP contribution in [0.4, 0.5) is 0 Å². The van der Waals surface area contributed by atoms with E-state index in [1.807, 2.05) is 17.7 Å². The fourth-order valence-electron chi connectivity index (χ4n) is 3.93. The molecule has 2 fully saturated rings. The summed E-state index contributed by atoms with van der Waals surface area (Å²) in [4.78, 5) is 24.2. The molecule has 136 valence electrons. The number of nitrogens with zero attached hydrogens (tertiary/aromatic N) is 2. The van der Waals surface area contributed by atoms with Crippen molar-refractivity contribution in [2.24, 2.45) is 5.92 Å². The van der Waals surface area contributed by atoms with Gasteiger partial charge in [-0.25, -0.2) is 0 Å². The number of fused-ring (bicyclic) bond motifs is 2. The maximum absolute atomic E-state index is 12.6. The number of hydrogen-bond donors (Lipinski definition) is 2. The highest BCUT2D eigenvalue weighted by molar-refractivity contribution is 5.79. The fourth-order valence-corrected chi connectivity index (χ4v) is 3.93. The van der Waals surface area contributed by atoms with E-state index in [0.717, 1.165) is 12.8 Å². The molecule has 2 amide bonds. The van der Waals surface area contributed by atoms with Gasteiger partial charge < -0.3 is 20.1 Å². The van der Waals surface area contributed by atoms with Crippen LogP contribution in [-0.4, -0.2) is 59.1 Å². The molecule has 0 saturated carbocycles. The third kappa shape index (κ3) is 3.16. The summed E-state index contributed by atoms with van der Waals surface area (Å²) in [7, 11) is 0. The summed E-state index contributed by atoms with van der Waals surface area (Å²) in [5.74, 6) is -0.0638. The van der Waals surface area contributed by atoms with Crippen molar-refractivity contribution in [3.05, 3.63) is 18.0 Å². The highest BCUT2D eigenvalue weighted by Gasteiger charge is 2.48. The average Bonchev–Trinajstić information content (AvgIpc) is 3.32. The fraction of sp³-hybridized carbons (Fsp3) is 0.706. The van der Waals surface area contributed by atoms with E-state index < -0.39 is 0 Å². The van der Waals surface area contributed by atoms with Gasteiger partial charge in [0, 0.05) is 18.3 Å². The van der Waals surface area contributed by atoms with Gasteiger partial charge in [0.05, 0.1) is 37.8 Å². The van der Waals surface area contributed by atoms with Crippen molar-refractivity contribution >= 4 is 11.8 Å². The number of aryl methyl sites for hydroxylation is 1. The maximum Gasteiger partial charge on any atom is 0.225 e. The minimum Gasteiger partial charge on any atom is -0.371 e. The number of carbonyl (C=O) groups is 2. The second-order valence-electron chi connectivity index (χ2n) is 6.98. The van der Waals surface area contributed by atoms with Crippen molar-refractivity contribution in [2.75, 3.05) is 13.2 Å². The number of carbonyl (C=O) groups excluding carboxylic acids is 2. The Bertz CT molecular complexity index is 661. The molecule has 3 aliphatic heterocycles. The lowest BCUT2D eigenvalue weighted by Crippen LogP contribution is -2.48. The smallest absolute Gasteiger partial charge is 0.225 e. The van der Waals surface area contributed by atoms with Crippen molar-refractivity contribution in [3.63, 3.8) is 0 Å². The molecule has 25 heavy (non-hydrogen) atoms. The molecule has 1 unspecified atom stereocenters. The summed E-state index contributed by atoms with van der Waals surface area (Å²) in [6.07, 6.45) is 3.52. The van der Waals surface area contributed by atoms with Crippen LogP contribution >= 0.6 is 0 Å². The minimum absolute atomic E-state index is 0.0115. The Hall–Kier alpha value is -1.93. The highest BCUT2D eigenvalue weighted by Crippen LogP contribution is 2.28. The van der Waals surface area contributed by atoms with Crippen LogP contribution < -0.4 is 10.6 Å². The molecule has 2 N–H and O–H groups in total. The lowest BCUT2D eigenvalue weighted by molar-refractivity contribution is -0.127. The van der Waals surface area contributed by atoms with Crippen LogP contribution in [0.25, 0.3) is 0 Å². The van der Waals surface area contributed by atoms with Gasteiger partial charge in [-0.2, -0.15) is 5.10 Å². The average molecular weight is 348 g/mol. The topological polar surface area (TPSA) is 94.5 Å². The van der Waals surface area contributed by atoms with Gasteiger partial charge in [-0.05, 0) is 18.9 Å². The zero-order chi connectivity index (χ0) is 17.4. The van der Waals surface area contributed by atoms with Crippen LogP contribution in [0.15, 0.2) is 12.3 Å². The molecule has 2 saturated heterocycles. The standard InChI is InChI=1S/C17H24N4O4/c1-2-14(22)19-12-8-24-16-13(9-25-15(12)16)20-17(23)10-3-4-11-5-6-18-21(11)7-10/h5-6,10,12-13,15-16H,2-4,7-9H2,1H3,(H,19,22)(H,20,23)/t10?,12-,13-,15+,16+/m0/s1. The van der Waals surface area contributed by atoms with E-state index in [-0.39, 0.29) is 42.0 Å². The van der Waals surface area contributed by atoms with Crippen molar-refractivity contribution in [2.45, 2.75) is 57.0 Å². The molecular weight excluding hydrogens is 324 g/mol. The predicted octanol–water partition coefficient (Wildman–Crippen LogP) is -0.377. The summed E-state index contributed by atoms with van der Waals surface area (Å²) in [6, 6.07) is 1.70. The van der Waals surface area contributed by atoms with Crippen LogP contribution in [0.5, 0.6) is 0 Å². The Morgan fingerprint density at radius 2 is 1.96 bits per heavy atom. The second kappa shape index (κ2) is 6.76. The van der Waals surface area contributed by atoms with Gasteiger partial charge in [0.25, 0.3) is 0 Å². The molecule has 5 atom stereocenters. The molecule has 1 aromatic rings. The van der Waals surface area contributed by atoms with E-state index in [2.05, 4.69) is 15.7 Å². The van der Waals surface area contributed by atoms with Crippen molar-refractivity contribution in [1.29, 1.82) is 0 Å². The van der Waals surface area contributed by atoms with Gasteiger partial charge in [-0.15, -0.1) is 0 Å². The van der Waals surface area contributed by atoms with Gasteiger partial charge in [0.15, 0.2) is 0 Å². The second-order valence-corrected chi connectivity index (χ2v) is 6.98. The van der Waals surface area contributed by atoms with Crippen molar-refractivity contribution in [1.82, 2.24) is 20.4 Å². The van der Waals surface area contributed by atoms with Gasteiger partial charge in [-0.3, -0.25) is 14.3 Å². The number of rotatable bonds is 4. The molecule has 4 heterocycles. The molecular formula is C17H24N4O4. The molecule has 8 nitrogen and oxygen atoms in total. The minimum atomic E-state index is -0.199. The maximum atomic E-state index is 12.6. The molecule has 1 aromatic heterocycles. The summed E-state index contributed by atoms with van der Waals surface area (Å²) in [5.41, 5.74) is 1.18. The Balaban J connectivity index is 1.33. The van der Waals surface area contributed by atoms with Crippen LogP contribution in [-0.2, 0) is 32.0 Å². The van der Waals surface area contributed by atoms with E-state index in [4.69, 9.17) is 9.47 Å². The molecule has 0 aliphatic carbocycles. The molecule has 0 spiro atoms. The molecule has 8 heteroatoms. The van der Waals surface area contributed by atoms with E-state index in [0.29, 0.717) is 26.2 Å². The zero-order valence-electron chi connectivity index (χ0n) is 14.3. The first kappa shape index (κ1) is 16.5. The largest absolute Gasteiger partial charge is 0.371 e. The zero-order valence-corrected chi connectivity index (χ0v) is 14.3. The van der Waals surface area contributed by atoms with E-state index in [1.54, 1.807) is 6.20 Å². The van der Waals surface area contributed by atoms with E-state index in [1.165, 1.54) is 5.69 Å². The Morgan fingerprint density at radius 1 is 1.24 bits per heavy atom. The van der Waals surface area contributed by atoms with Crippen molar-refractivity contribution < 1.29 is 19.1 Å². The van der Waals surface area contributed by atoms with Crippen LogP contribution in [0.3, 0.4) is 0 Å². The first-order valence-electron chi connectivity index (χ1n) is 8.99. The number of ether oxygens (including phenoxy) is 2. The normalized spacial score (nSPS) is 33.6. The SMILES string of the molecule is CCC(=O)N[C@H]1CO[C@H]2[C@@H]1OC[C@@H]2NC(=O)C1CCc2ccnn2C1. The first-order valence-corrected chi connectivity index (χ1v) is 8.99. The van der Waals surface area contributed by atoms with Gasteiger partial charge in [-0.1, -0.05) is 6.92 Å². The molecule has 0 bridgehead atoms. The van der Waals surface area contributed by atoms with Gasteiger partial charge in [0.2, 0.25) is 11.8 Å². The first-order chi connectivity index (χ1) is 12.2. The number of amides is 2. The molecule has 4 rings (SSSR count). The quantitative estimate of drug-likeness (QED) is 0.774. The van der Waals surface area contributed by atoms with Crippen LogP contribution in [0, 0.1) is 5.92 Å². The number of aromatic nitrogens is 2. The van der Waals surface area contributed by atoms with E-state index in [9.17, 15) is 9.59 Å². The summed E-state index contributed by atoms with van der Waals surface area (Å²) in [6.45, 7) is 3.27. The number of nitrogens with one attached hydrogen (secondary N) is 2. The van der Waals surface area contributed by atoms with Gasteiger partial charge >= 0.3 is 0 Å². The third-order valence-corrected chi connectivity index (χ3v) is 5.37. The summed E-state index contributed by atoms with van der Waals surface area (Å²) >= 11 is 0. The Kier molecular flexibility index (Phi) is 4.47. The Morgan fingerprint density at radius 3 is 2.68 bits per heavy atom. The van der Waals surface area contributed by atoms with Crippen molar-refractivity contribution in [3.8, 4) is 0 Å². The lowest BCUT2D eigenvalue weighted by Gasteiger charge is -2.25. The third-order valence-electron chi connectivity index (χ3n) is 5.37. The van der Waals surface area contributed by atoms with Crippen LogP contribution in [0.1, 0.15) is 25.5 Å². The summed E-state index contributed by atoms with van der Waals surface area (Å²) in [5, 5.41) is 10.3. The molecule has 0 aromatic carbocycles. The number of hydrogen-bond acceptors (Lipinski definition) is 5. The van der Waals surface area contributed by atoms with Crippen LogP contribution in [0.2, 0.25) is 0 Å². The monoisotopic (exact) mass is 348 g/mol. The Labute approximate surface area is 146 Å². The summed E-state index contributed by atoms with van der Waals surface area (Å²) < 4.78 is 13.5. The molecule has 0 radical (unpaired) electrons. The highest BCUT2D eigenvalue weighted by atomic mass is 16.6. The predicted molar refractivity (Wildman–Crippen MR) is 87.7 cm³/mol. The van der Waals surface area contributed by atoms with Gasteiger partial charge in [0.1, 0.15) is 12.2 Å². The lowest BCUT2D eigenvalue weighted by atomic mass is 9.96. The van der Waals surface area contributed by atoms with E-state index >= 15 is 0 Å².